The number of aliphatic hydroxyl groups excluding tert-OH is 1. The van der Waals surface area contributed by atoms with Gasteiger partial charge in [0.05, 0.1) is 59.7 Å². The van der Waals surface area contributed by atoms with Gasteiger partial charge in [-0.1, -0.05) is 46.1 Å². The van der Waals surface area contributed by atoms with Crippen molar-refractivity contribution in [2.75, 3.05) is 144 Å². The first-order valence-corrected chi connectivity index (χ1v) is 41.7. The number of aryl methyl sites for hydroxylation is 2. The van der Waals surface area contributed by atoms with Gasteiger partial charge >= 0.3 is 0 Å². The number of imidazole rings is 1. The smallest absolute Gasteiger partial charge is 0.270 e. The van der Waals surface area contributed by atoms with E-state index in [0.29, 0.717) is 75.5 Å². The van der Waals surface area contributed by atoms with E-state index in [4.69, 9.17) is 24.2 Å². The first-order chi connectivity index (χ1) is 54.5. The van der Waals surface area contributed by atoms with Gasteiger partial charge in [0.25, 0.3) is 31.7 Å². The number of nitrogens with zero attached hydrogens (tertiary/aromatic N) is 18. The number of anilines is 8. The van der Waals surface area contributed by atoms with Gasteiger partial charge in [0.2, 0.25) is 17.8 Å². The van der Waals surface area contributed by atoms with Crippen molar-refractivity contribution >= 4 is 112 Å². The normalized spacial score (nSPS) is 15.7. The number of halogens is 2. The number of carbonyl (C=O) groups is 2. The van der Waals surface area contributed by atoms with Gasteiger partial charge in [-0.15, -0.1) is 0 Å². The summed E-state index contributed by atoms with van der Waals surface area (Å²) in [7, 11) is -4.02. The third-order valence-corrected chi connectivity index (χ3v) is 21.0. The summed E-state index contributed by atoms with van der Waals surface area (Å²) in [5, 5.41) is 25.6. The lowest BCUT2D eigenvalue weighted by atomic mass is 10.0. The van der Waals surface area contributed by atoms with Gasteiger partial charge in [-0.2, -0.15) is 26.8 Å². The summed E-state index contributed by atoms with van der Waals surface area (Å²) in [5.74, 6) is 1.68. The van der Waals surface area contributed by atoms with E-state index in [0.717, 1.165) is 170 Å². The van der Waals surface area contributed by atoms with Crippen LogP contribution in [0.5, 0.6) is 0 Å². The Bertz CT molecular complexity index is 5270. The Morgan fingerprint density at radius 2 is 1.14 bits per heavy atom. The molecule has 2 aliphatic carbocycles. The zero-order chi connectivity index (χ0) is 81.5. The lowest BCUT2D eigenvalue weighted by Crippen LogP contribution is -2.45. The van der Waals surface area contributed by atoms with E-state index in [-0.39, 0.29) is 59.5 Å². The van der Waals surface area contributed by atoms with Gasteiger partial charge in [0.1, 0.15) is 51.5 Å². The molecule has 33 nitrogen and oxygen atoms in total. The maximum Gasteiger partial charge on any atom is 0.270 e. The number of nitrogens with one attached hydrogen (secondary N) is 5. The molecular weight excluding hydrogens is 1520 g/mol. The average Bonchev–Trinajstić information content (AvgIpc) is 1.74. The van der Waals surface area contributed by atoms with Crippen LogP contribution in [0.1, 0.15) is 142 Å². The molecular formula is C78H105F2N23O10S2. The van der Waals surface area contributed by atoms with E-state index >= 15 is 0 Å². The molecule has 2 saturated carbocycles. The second-order valence-corrected chi connectivity index (χ2v) is 32.1. The number of aromatic nitrogens is 13. The Morgan fingerprint density at radius 3 is 1.62 bits per heavy atom. The number of ketones is 1. The van der Waals surface area contributed by atoms with Crippen molar-refractivity contribution in [2.24, 2.45) is 0 Å². The van der Waals surface area contributed by atoms with Crippen molar-refractivity contribution in [1.29, 1.82) is 0 Å². The van der Waals surface area contributed by atoms with E-state index in [1.807, 2.05) is 80.3 Å². The molecule has 12 heterocycles. The van der Waals surface area contributed by atoms with Gasteiger partial charge in [0, 0.05) is 152 Å². The van der Waals surface area contributed by atoms with E-state index < -0.39 is 44.2 Å². The summed E-state index contributed by atoms with van der Waals surface area (Å²) in [6.07, 6.45) is 19.3. The summed E-state index contributed by atoms with van der Waals surface area (Å²) in [5.41, 5.74) is 7.21. The molecule has 0 unspecified atom stereocenters. The topological polar surface area (TPSA) is 400 Å². The number of pyridine rings is 4. The van der Waals surface area contributed by atoms with Crippen molar-refractivity contribution in [3.8, 4) is 11.3 Å². The molecule has 3 saturated heterocycles. The molecule has 0 spiro atoms. The molecule has 1 amide bonds. The standard InChI is InChI=1S/C27H32F2N8.C24H29N7O2.C23H30N8O.C2H6O4S.CH4O3S.CH4/c1-5-35-8-10-36(11-9-35)16-19-6-7-24(30-14-19)33-27-31-15-22(29)25(34-27)20-12-21(28)26-23(13-20)37(17(2)3)18(4)32-26;1-15-19-14-27-24(28-20-8-7-18(13-26-20)30-11-9-25-10-12-30)29-22(19)31(17-5-3-4-6-17)23(33)21(15)16(2)32;1-29(2)22(32)19-13-16-14-26-23(28-21(16)31(19)17-5-3-4-6-17)27-20-8-7-18(15-25-20)30-11-9-24-10-12-30;3-1-2-7(4,5)6;1-5(2,3)4;/h6-7,12-15,17H,5,8-11,16H2,1-4H3,(H,30,31,33,34);7-8,13-14,17,25H,3-6,9-12H2,1-2H3,(H,26,27,28,29);7-8,13-15,17,24H,3-6,9-12H2,1-2H3,(H,25,26,27,28);3H,1-2H2,(H,4,5,6);1H3,(H,2,3,4);1H4. The largest absolute Gasteiger partial charge is 0.395 e. The number of Topliss-reactive ketones (excluding diaryl/α,β-unsaturated/α-hetero) is 1. The number of hydrogen-bond donors (Lipinski definition) is 8. The summed E-state index contributed by atoms with van der Waals surface area (Å²) < 4.78 is 88.5. The highest BCUT2D eigenvalue weighted by atomic mass is 32.2. The molecule has 15 rings (SSSR count). The van der Waals surface area contributed by atoms with Crippen molar-refractivity contribution in [1.82, 2.24) is 88.9 Å². The minimum absolute atomic E-state index is 0. The highest BCUT2D eigenvalue weighted by Gasteiger charge is 2.30. The van der Waals surface area contributed by atoms with Crippen LogP contribution in [0.15, 0.2) is 96.6 Å². The first kappa shape index (κ1) is 87.1. The van der Waals surface area contributed by atoms with Crippen LogP contribution in [-0.2, 0) is 26.8 Å². The quantitative estimate of drug-likeness (QED) is 0.0276. The second-order valence-electron chi connectivity index (χ2n) is 29.1. The molecule has 618 valence electrons. The molecule has 0 atom stereocenters. The number of aliphatic hydroxyl groups is 1. The Hall–Kier alpha value is -10.2. The molecule has 5 fully saturated rings. The van der Waals surface area contributed by atoms with Crippen molar-refractivity contribution < 1.29 is 49.4 Å². The Kier molecular flexibility index (Phi) is 29.9. The van der Waals surface area contributed by atoms with Gasteiger partial charge in [0.15, 0.2) is 17.4 Å². The number of benzene rings is 1. The lowest BCUT2D eigenvalue weighted by molar-refractivity contribution is 0.0815. The highest BCUT2D eigenvalue weighted by Crippen LogP contribution is 2.37. The number of hydrogen-bond acceptors (Lipinski definition) is 27. The fourth-order valence-electron chi connectivity index (χ4n) is 14.7. The molecule has 3 aliphatic heterocycles. The summed E-state index contributed by atoms with van der Waals surface area (Å²) in [6.45, 7) is 24.8. The molecule has 115 heavy (non-hydrogen) atoms. The van der Waals surface area contributed by atoms with Crippen LogP contribution in [0.4, 0.5) is 55.5 Å². The minimum atomic E-state index is -3.92. The molecule has 0 bridgehead atoms. The predicted octanol–water partition coefficient (Wildman–Crippen LogP) is 9.71. The molecule has 8 N–H and O–H groups in total. The fourth-order valence-corrected chi connectivity index (χ4v) is 14.9. The Morgan fingerprint density at radius 1 is 0.635 bits per heavy atom. The number of rotatable bonds is 19. The summed E-state index contributed by atoms with van der Waals surface area (Å²) >= 11 is 0. The molecule has 9 aromatic heterocycles. The third kappa shape index (κ3) is 22.9. The number of piperazine rings is 3. The number of carbonyl (C=O) groups excluding carboxylic acids is 2. The summed E-state index contributed by atoms with van der Waals surface area (Å²) in [4.78, 5) is 94.4. The SMILES string of the molecule is C.CC(=O)c1c(C)c2cnc(Nc3ccc(N4CCNCC4)cn3)nc2n(C2CCCC2)c1=O.CCN1CCN(Cc2ccc(Nc3ncc(F)c(-c4cc(F)c5nc(C)n(C(C)C)c5c4)n3)nc2)CC1.CN(C)C(=O)c1cc2cnc(Nc3ccc(N4CCNCC4)cn3)nc2n1C1CCCC1.CS(=O)(=O)O.O=S(=O)(O)CCO. The van der Waals surface area contributed by atoms with E-state index in [2.05, 4.69) is 104 Å². The van der Waals surface area contributed by atoms with Crippen molar-refractivity contribution in [3.05, 3.63) is 142 Å². The van der Waals surface area contributed by atoms with E-state index in [1.165, 1.54) is 25.8 Å². The Balaban J connectivity index is 0.000000169. The van der Waals surface area contributed by atoms with Gasteiger partial charge in [-0.05, 0) is 127 Å². The van der Waals surface area contributed by atoms with Crippen LogP contribution in [0.3, 0.4) is 0 Å². The van der Waals surface area contributed by atoms with Gasteiger partial charge in [-0.25, -0.2) is 48.7 Å². The zero-order valence-corrected chi connectivity index (χ0v) is 67.3. The molecule has 37 heteroatoms. The van der Waals surface area contributed by atoms with E-state index in [1.54, 1.807) is 48.9 Å². The zero-order valence-electron chi connectivity index (χ0n) is 65.7. The predicted molar refractivity (Wildman–Crippen MR) is 443 cm³/mol. The van der Waals surface area contributed by atoms with Crippen LogP contribution in [0.2, 0.25) is 0 Å². The maximum absolute atomic E-state index is 14.9. The molecule has 0 radical (unpaired) electrons. The lowest BCUT2D eigenvalue weighted by Gasteiger charge is -2.33. The molecule has 1 aromatic carbocycles. The van der Waals surface area contributed by atoms with Crippen LogP contribution in [0.25, 0.3) is 44.4 Å². The van der Waals surface area contributed by atoms with Gasteiger partial charge in [-0.3, -0.25) is 33.0 Å². The average molecular weight is 1630 g/mol. The van der Waals surface area contributed by atoms with E-state index in [9.17, 15) is 40.0 Å². The van der Waals surface area contributed by atoms with Gasteiger partial charge < -0.3 is 60.4 Å². The summed E-state index contributed by atoms with van der Waals surface area (Å²) in [6, 6.07) is 17.2. The number of fused-ring (bicyclic) bond motifs is 3. The second kappa shape index (κ2) is 39.4. The maximum atomic E-state index is 14.9. The van der Waals surface area contributed by atoms with Crippen LogP contribution < -0.4 is 41.9 Å². The molecule has 5 aliphatic rings. The van der Waals surface area contributed by atoms with Crippen molar-refractivity contribution in [2.45, 2.75) is 125 Å². The number of likely N-dealkylation sites (N-methyl/N-ethyl adjacent to an activating group) is 1. The number of amides is 1. The molecule has 10 aromatic rings. The monoisotopic (exact) mass is 1630 g/mol. The van der Waals surface area contributed by atoms with Crippen LogP contribution >= 0.6 is 0 Å². The fraction of sp³-hybridized carbons (Fsp3) is 0.474. The highest BCUT2D eigenvalue weighted by molar-refractivity contribution is 7.85. The van der Waals surface area contributed by atoms with Crippen LogP contribution in [0, 0.1) is 25.5 Å². The van der Waals surface area contributed by atoms with Crippen LogP contribution in [-0.4, -0.2) is 239 Å². The first-order valence-electron chi connectivity index (χ1n) is 38.3. The van der Waals surface area contributed by atoms with Crippen molar-refractivity contribution in [3.63, 3.8) is 0 Å². The minimum Gasteiger partial charge on any atom is -0.395 e. The Labute approximate surface area is 668 Å². The third-order valence-electron chi connectivity index (χ3n) is 20.3.